The fourth-order valence-corrected chi connectivity index (χ4v) is 5.24. The second-order valence-corrected chi connectivity index (χ2v) is 10.4. The molecule has 0 unspecified atom stereocenters. The number of rotatable bonds is 7. The van der Waals surface area contributed by atoms with Crippen LogP contribution in [0.3, 0.4) is 0 Å². The monoisotopic (exact) mass is 556 g/mol. The maximum absolute atomic E-state index is 13.1. The number of carbonyl (C=O) groups is 1. The van der Waals surface area contributed by atoms with Crippen molar-refractivity contribution in [3.8, 4) is 5.75 Å². The van der Waals surface area contributed by atoms with Crippen molar-refractivity contribution in [2.24, 2.45) is 0 Å². The van der Waals surface area contributed by atoms with Gasteiger partial charge in [-0.1, -0.05) is 12.1 Å². The Labute approximate surface area is 231 Å². The predicted octanol–water partition coefficient (Wildman–Crippen LogP) is 5.68. The molecule has 3 aromatic rings. The molecule has 1 N–H and O–H groups in total. The number of halogens is 4. The number of hydrogen-bond donors (Lipinski definition) is 1. The van der Waals surface area contributed by atoms with Gasteiger partial charge in [-0.2, -0.15) is 13.2 Å². The lowest BCUT2D eigenvalue weighted by molar-refractivity contribution is -0.137. The summed E-state index contributed by atoms with van der Waals surface area (Å²) in [4.78, 5) is 21.5. The maximum atomic E-state index is 13.1. The van der Waals surface area contributed by atoms with E-state index in [9.17, 15) is 22.4 Å². The number of likely N-dealkylation sites (tertiary alicyclic amines) is 1. The lowest BCUT2D eigenvalue weighted by atomic mass is 10.0. The minimum absolute atomic E-state index is 0.0536. The molecule has 2 saturated heterocycles. The van der Waals surface area contributed by atoms with Gasteiger partial charge in [0.25, 0.3) is 5.91 Å². The first-order valence-electron chi connectivity index (χ1n) is 13.6. The number of anilines is 1. The topological polar surface area (TPSA) is 57.7 Å². The molecule has 212 valence electrons. The molecule has 6 nitrogen and oxygen atoms in total. The van der Waals surface area contributed by atoms with Crippen LogP contribution in [0.1, 0.15) is 47.3 Å². The number of piperidine rings is 2. The van der Waals surface area contributed by atoms with Crippen LogP contribution in [-0.4, -0.2) is 54.1 Å². The number of nitrogens with zero attached hydrogens (tertiary/aromatic N) is 3. The summed E-state index contributed by atoms with van der Waals surface area (Å²) in [6.07, 6.45) is 0.217. The van der Waals surface area contributed by atoms with Gasteiger partial charge in [0.05, 0.1) is 5.56 Å². The Balaban J connectivity index is 1.07. The molecule has 10 heteroatoms. The number of aromatic nitrogens is 1. The lowest BCUT2D eigenvalue weighted by Gasteiger charge is -2.34. The Morgan fingerprint density at radius 3 is 2.25 bits per heavy atom. The Kier molecular flexibility index (Phi) is 8.54. The van der Waals surface area contributed by atoms with Crippen molar-refractivity contribution in [2.45, 2.75) is 50.6 Å². The van der Waals surface area contributed by atoms with E-state index < -0.39 is 11.7 Å². The SMILES string of the molecule is O=C(NC1CCN(Cc2ccc(F)cc2)CC1)c1cc(OC2CCN(c3ccc(C(F)(F)F)cc3)CC2)ccn1. The van der Waals surface area contributed by atoms with E-state index in [1.54, 1.807) is 30.5 Å². The van der Waals surface area contributed by atoms with E-state index in [2.05, 4.69) is 20.1 Å². The van der Waals surface area contributed by atoms with Crippen LogP contribution in [0.4, 0.5) is 23.2 Å². The molecule has 2 fully saturated rings. The van der Waals surface area contributed by atoms with Crippen LogP contribution in [0.2, 0.25) is 0 Å². The molecule has 40 heavy (non-hydrogen) atoms. The van der Waals surface area contributed by atoms with Gasteiger partial charge >= 0.3 is 6.18 Å². The van der Waals surface area contributed by atoms with E-state index in [-0.39, 0.29) is 23.9 Å². The van der Waals surface area contributed by atoms with Gasteiger partial charge in [-0.3, -0.25) is 14.7 Å². The Hall–Kier alpha value is -3.66. The summed E-state index contributed by atoms with van der Waals surface area (Å²) in [7, 11) is 0. The van der Waals surface area contributed by atoms with Crippen molar-refractivity contribution in [3.05, 3.63) is 89.5 Å². The van der Waals surface area contributed by atoms with Crippen LogP contribution < -0.4 is 15.0 Å². The summed E-state index contributed by atoms with van der Waals surface area (Å²) in [6, 6.07) is 15.2. The van der Waals surface area contributed by atoms with Crippen LogP contribution >= 0.6 is 0 Å². The summed E-state index contributed by atoms with van der Waals surface area (Å²) in [6.45, 7) is 3.75. The van der Waals surface area contributed by atoms with E-state index >= 15 is 0 Å². The number of benzene rings is 2. The molecular formula is C30H32F4N4O2. The zero-order valence-corrected chi connectivity index (χ0v) is 22.0. The molecule has 0 bridgehead atoms. The summed E-state index contributed by atoms with van der Waals surface area (Å²) >= 11 is 0. The molecule has 0 atom stereocenters. The van der Waals surface area contributed by atoms with Gasteiger partial charge in [-0.15, -0.1) is 0 Å². The zero-order chi connectivity index (χ0) is 28.1. The van der Waals surface area contributed by atoms with Crippen molar-refractivity contribution in [1.29, 1.82) is 0 Å². The van der Waals surface area contributed by atoms with E-state index in [1.165, 1.54) is 24.3 Å². The van der Waals surface area contributed by atoms with Crippen LogP contribution in [0.15, 0.2) is 66.9 Å². The molecule has 2 aliphatic rings. The van der Waals surface area contributed by atoms with Gasteiger partial charge < -0.3 is 15.0 Å². The molecule has 0 aliphatic carbocycles. The third kappa shape index (κ3) is 7.29. The van der Waals surface area contributed by atoms with Crippen LogP contribution in [0.5, 0.6) is 5.75 Å². The summed E-state index contributed by atoms with van der Waals surface area (Å²) in [5, 5.41) is 3.08. The Morgan fingerprint density at radius 1 is 0.925 bits per heavy atom. The standard InChI is InChI=1S/C30H32F4N4O2/c31-23-5-1-21(2-6-23)20-37-15-10-24(11-16-37)36-29(39)28-19-27(9-14-35-28)40-26-12-17-38(18-13-26)25-7-3-22(4-8-25)30(32,33)34/h1-9,14,19,24,26H,10-13,15-18,20H2,(H,36,39). The molecular weight excluding hydrogens is 524 g/mol. The van der Waals surface area contributed by atoms with Crippen LogP contribution in [0.25, 0.3) is 0 Å². The van der Waals surface area contributed by atoms with Crippen LogP contribution in [-0.2, 0) is 12.7 Å². The number of alkyl halides is 3. The first kappa shape index (κ1) is 27.9. The molecule has 2 aliphatic heterocycles. The fraction of sp³-hybridized carbons (Fsp3) is 0.400. The lowest BCUT2D eigenvalue weighted by Crippen LogP contribution is -2.44. The van der Waals surface area contributed by atoms with Crippen LogP contribution in [0, 0.1) is 5.82 Å². The van der Waals surface area contributed by atoms with Crippen molar-refractivity contribution in [2.75, 3.05) is 31.1 Å². The van der Waals surface area contributed by atoms with Gasteiger partial charge in [0.15, 0.2) is 0 Å². The smallest absolute Gasteiger partial charge is 0.416 e. The van der Waals surface area contributed by atoms with Gasteiger partial charge in [0, 0.05) is 69.6 Å². The van der Waals surface area contributed by atoms with E-state index in [0.717, 1.165) is 55.9 Å². The van der Waals surface area contributed by atoms with Crippen molar-refractivity contribution in [3.63, 3.8) is 0 Å². The molecule has 0 saturated carbocycles. The van der Waals surface area contributed by atoms with Gasteiger partial charge in [-0.25, -0.2) is 4.39 Å². The molecule has 1 aromatic heterocycles. The average Bonchev–Trinajstić information content (AvgIpc) is 2.95. The largest absolute Gasteiger partial charge is 0.490 e. The van der Waals surface area contributed by atoms with Crippen molar-refractivity contribution in [1.82, 2.24) is 15.2 Å². The first-order valence-corrected chi connectivity index (χ1v) is 13.6. The second kappa shape index (κ2) is 12.2. The summed E-state index contributed by atoms with van der Waals surface area (Å²) in [5.41, 5.74) is 1.47. The predicted molar refractivity (Wildman–Crippen MR) is 144 cm³/mol. The molecule has 0 radical (unpaired) electrons. The van der Waals surface area contributed by atoms with Gasteiger partial charge in [-0.05, 0) is 60.9 Å². The maximum Gasteiger partial charge on any atom is 0.416 e. The third-order valence-electron chi connectivity index (χ3n) is 7.51. The summed E-state index contributed by atoms with van der Waals surface area (Å²) in [5.74, 6) is 0.0946. The average molecular weight is 557 g/mol. The highest BCUT2D eigenvalue weighted by Crippen LogP contribution is 2.31. The first-order chi connectivity index (χ1) is 19.2. The van der Waals surface area contributed by atoms with E-state index in [4.69, 9.17) is 4.74 Å². The molecule has 0 spiro atoms. The third-order valence-corrected chi connectivity index (χ3v) is 7.51. The Morgan fingerprint density at radius 2 is 1.60 bits per heavy atom. The second-order valence-electron chi connectivity index (χ2n) is 10.4. The number of nitrogens with one attached hydrogen (secondary N) is 1. The number of ether oxygens (including phenoxy) is 1. The van der Waals surface area contributed by atoms with Gasteiger partial charge in [0.1, 0.15) is 23.4 Å². The van der Waals surface area contributed by atoms with E-state index in [1.807, 2.05) is 0 Å². The minimum atomic E-state index is -4.34. The molecule has 1 amide bonds. The highest BCUT2D eigenvalue weighted by atomic mass is 19.4. The number of pyridine rings is 1. The highest BCUT2D eigenvalue weighted by Gasteiger charge is 2.30. The Bertz CT molecular complexity index is 1270. The highest BCUT2D eigenvalue weighted by molar-refractivity contribution is 5.92. The number of carbonyl (C=O) groups excluding carboxylic acids is 1. The van der Waals surface area contributed by atoms with Crippen molar-refractivity contribution >= 4 is 11.6 Å². The molecule has 2 aromatic carbocycles. The van der Waals surface area contributed by atoms with Gasteiger partial charge in [0.2, 0.25) is 0 Å². The summed E-state index contributed by atoms with van der Waals surface area (Å²) < 4.78 is 57.8. The van der Waals surface area contributed by atoms with E-state index in [0.29, 0.717) is 37.4 Å². The molecule has 3 heterocycles. The number of amides is 1. The minimum Gasteiger partial charge on any atom is -0.490 e. The molecule has 5 rings (SSSR count). The number of hydrogen-bond acceptors (Lipinski definition) is 5. The normalized spacial score (nSPS) is 17.6. The quantitative estimate of drug-likeness (QED) is 0.380. The fourth-order valence-electron chi connectivity index (χ4n) is 5.24. The van der Waals surface area contributed by atoms with Crippen molar-refractivity contribution < 1.29 is 27.1 Å². The zero-order valence-electron chi connectivity index (χ0n) is 22.0.